The van der Waals surface area contributed by atoms with Crippen LogP contribution in [0.2, 0.25) is 5.02 Å². The van der Waals surface area contributed by atoms with Crippen molar-refractivity contribution >= 4 is 11.6 Å². The van der Waals surface area contributed by atoms with Crippen LogP contribution in [0.15, 0.2) is 54.6 Å². The van der Waals surface area contributed by atoms with E-state index in [9.17, 15) is 0 Å². The summed E-state index contributed by atoms with van der Waals surface area (Å²) in [4.78, 5) is 0. The third-order valence-corrected chi connectivity index (χ3v) is 3.68. The number of benzene rings is 2. The van der Waals surface area contributed by atoms with Crippen molar-refractivity contribution < 1.29 is 0 Å². The summed E-state index contributed by atoms with van der Waals surface area (Å²) in [5, 5.41) is 4.36. The SMILES string of the molecule is CC(CN[C@H](C)c1cccc(Cl)c1)c1ccccc1. The molecule has 0 aromatic heterocycles. The first kappa shape index (κ1) is 14.1. The van der Waals surface area contributed by atoms with Crippen molar-refractivity contribution in [3.63, 3.8) is 0 Å². The van der Waals surface area contributed by atoms with Crippen LogP contribution in [0.3, 0.4) is 0 Å². The van der Waals surface area contributed by atoms with Crippen LogP contribution in [0, 0.1) is 0 Å². The van der Waals surface area contributed by atoms with Gasteiger partial charge in [-0.05, 0) is 36.1 Å². The van der Waals surface area contributed by atoms with Crippen LogP contribution in [0.4, 0.5) is 0 Å². The molecule has 0 aliphatic rings. The van der Waals surface area contributed by atoms with E-state index in [0.717, 1.165) is 11.6 Å². The highest BCUT2D eigenvalue weighted by atomic mass is 35.5. The fourth-order valence-electron chi connectivity index (χ4n) is 2.15. The van der Waals surface area contributed by atoms with Gasteiger partial charge in [0, 0.05) is 17.6 Å². The molecule has 19 heavy (non-hydrogen) atoms. The van der Waals surface area contributed by atoms with Gasteiger partial charge in [0.2, 0.25) is 0 Å². The van der Waals surface area contributed by atoms with Crippen molar-refractivity contribution in [2.75, 3.05) is 6.54 Å². The average molecular weight is 274 g/mol. The van der Waals surface area contributed by atoms with Crippen LogP contribution < -0.4 is 5.32 Å². The molecule has 1 nitrogen and oxygen atoms in total. The van der Waals surface area contributed by atoms with Gasteiger partial charge in [-0.2, -0.15) is 0 Å². The van der Waals surface area contributed by atoms with E-state index in [4.69, 9.17) is 11.6 Å². The number of rotatable bonds is 5. The lowest BCUT2D eigenvalue weighted by Crippen LogP contribution is -2.23. The van der Waals surface area contributed by atoms with Crippen molar-refractivity contribution in [2.45, 2.75) is 25.8 Å². The van der Waals surface area contributed by atoms with Gasteiger partial charge in [-0.15, -0.1) is 0 Å². The molecule has 0 radical (unpaired) electrons. The molecular formula is C17H20ClN. The fourth-order valence-corrected chi connectivity index (χ4v) is 2.35. The van der Waals surface area contributed by atoms with Gasteiger partial charge in [0.25, 0.3) is 0 Å². The molecule has 1 unspecified atom stereocenters. The minimum absolute atomic E-state index is 0.310. The summed E-state index contributed by atoms with van der Waals surface area (Å²) >= 11 is 6.02. The molecule has 0 aliphatic heterocycles. The highest BCUT2D eigenvalue weighted by molar-refractivity contribution is 6.30. The number of nitrogens with one attached hydrogen (secondary N) is 1. The van der Waals surface area contributed by atoms with Crippen LogP contribution in [0.25, 0.3) is 0 Å². The van der Waals surface area contributed by atoms with E-state index in [0.29, 0.717) is 12.0 Å². The highest BCUT2D eigenvalue weighted by Crippen LogP contribution is 2.19. The normalized spacial score (nSPS) is 14.1. The molecule has 0 fully saturated rings. The maximum absolute atomic E-state index is 6.02. The molecule has 100 valence electrons. The Kier molecular flexibility index (Phi) is 5.00. The van der Waals surface area contributed by atoms with Crippen LogP contribution in [0.1, 0.15) is 36.9 Å². The van der Waals surface area contributed by atoms with Crippen molar-refractivity contribution in [3.8, 4) is 0 Å². The lowest BCUT2D eigenvalue weighted by Gasteiger charge is -2.18. The predicted molar refractivity (Wildman–Crippen MR) is 82.7 cm³/mol. The number of hydrogen-bond donors (Lipinski definition) is 1. The van der Waals surface area contributed by atoms with E-state index in [1.165, 1.54) is 11.1 Å². The van der Waals surface area contributed by atoms with Crippen LogP contribution in [0.5, 0.6) is 0 Å². The summed E-state index contributed by atoms with van der Waals surface area (Å²) in [5.41, 5.74) is 2.60. The lowest BCUT2D eigenvalue weighted by molar-refractivity contribution is 0.537. The molecule has 1 N–H and O–H groups in total. The van der Waals surface area contributed by atoms with Crippen molar-refractivity contribution in [2.24, 2.45) is 0 Å². The minimum Gasteiger partial charge on any atom is -0.310 e. The van der Waals surface area contributed by atoms with E-state index < -0.39 is 0 Å². The molecule has 2 atom stereocenters. The first-order valence-electron chi connectivity index (χ1n) is 6.70. The molecule has 0 spiro atoms. The van der Waals surface area contributed by atoms with E-state index in [1.54, 1.807) is 0 Å². The Morgan fingerprint density at radius 2 is 1.63 bits per heavy atom. The first-order valence-corrected chi connectivity index (χ1v) is 7.08. The molecule has 0 aliphatic carbocycles. The van der Waals surface area contributed by atoms with E-state index in [1.807, 2.05) is 18.2 Å². The number of halogens is 1. The molecule has 0 heterocycles. The second kappa shape index (κ2) is 6.74. The summed E-state index contributed by atoms with van der Waals surface area (Å²) in [6.45, 7) is 5.37. The highest BCUT2D eigenvalue weighted by Gasteiger charge is 2.09. The monoisotopic (exact) mass is 273 g/mol. The lowest BCUT2D eigenvalue weighted by atomic mass is 10.0. The topological polar surface area (TPSA) is 12.0 Å². The Bertz CT molecular complexity index is 510. The molecule has 2 rings (SSSR count). The quantitative estimate of drug-likeness (QED) is 0.826. The van der Waals surface area contributed by atoms with E-state index in [2.05, 4.69) is 55.6 Å². The van der Waals surface area contributed by atoms with Gasteiger partial charge in [-0.3, -0.25) is 0 Å². The van der Waals surface area contributed by atoms with Crippen LogP contribution in [-0.2, 0) is 0 Å². The predicted octanol–water partition coefficient (Wildman–Crippen LogP) is 4.79. The van der Waals surface area contributed by atoms with Crippen LogP contribution >= 0.6 is 11.6 Å². The van der Waals surface area contributed by atoms with E-state index >= 15 is 0 Å². The summed E-state index contributed by atoms with van der Waals surface area (Å²) in [6, 6.07) is 18.9. The summed E-state index contributed by atoms with van der Waals surface area (Å²) in [7, 11) is 0. The Labute approximate surface area is 120 Å². The number of hydrogen-bond acceptors (Lipinski definition) is 1. The molecular weight excluding hydrogens is 254 g/mol. The zero-order valence-corrected chi connectivity index (χ0v) is 12.2. The molecule has 0 bridgehead atoms. The van der Waals surface area contributed by atoms with Gasteiger partial charge >= 0.3 is 0 Å². The Balaban J connectivity index is 1.92. The standard InChI is InChI=1S/C17H20ClN/c1-13(15-7-4-3-5-8-15)12-19-14(2)16-9-6-10-17(18)11-16/h3-11,13-14,19H,12H2,1-2H3/t13?,14-/m1/s1. The van der Waals surface area contributed by atoms with Gasteiger partial charge in [0.05, 0.1) is 0 Å². The third kappa shape index (κ3) is 4.09. The summed E-state index contributed by atoms with van der Waals surface area (Å²) in [6.07, 6.45) is 0. The smallest absolute Gasteiger partial charge is 0.0409 e. The Hall–Kier alpha value is -1.31. The summed E-state index contributed by atoms with van der Waals surface area (Å²) in [5.74, 6) is 0.503. The third-order valence-electron chi connectivity index (χ3n) is 3.45. The molecule has 2 heteroatoms. The zero-order valence-electron chi connectivity index (χ0n) is 11.4. The molecule has 0 saturated carbocycles. The summed E-state index contributed by atoms with van der Waals surface area (Å²) < 4.78 is 0. The molecule has 0 saturated heterocycles. The van der Waals surface area contributed by atoms with Gasteiger partial charge in [-0.25, -0.2) is 0 Å². The molecule has 2 aromatic carbocycles. The minimum atomic E-state index is 0.310. The van der Waals surface area contributed by atoms with Crippen LogP contribution in [-0.4, -0.2) is 6.54 Å². The Morgan fingerprint density at radius 1 is 0.947 bits per heavy atom. The average Bonchev–Trinajstić information content (AvgIpc) is 2.45. The van der Waals surface area contributed by atoms with Crippen molar-refractivity contribution in [1.82, 2.24) is 5.32 Å². The largest absolute Gasteiger partial charge is 0.310 e. The Morgan fingerprint density at radius 3 is 2.32 bits per heavy atom. The van der Waals surface area contributed by atoms with Gasteiger partial charge in [-0.1, -0.05) is 61.0 Å². The van der Waals surface area contributed by atoms with Crippen molar-refractivity contribution in [3.05, 3.63) is 70.7 Å². The second-order valence-corrected chi connectivity index (χ2v) is 5.43. The van der Waals surface area contributed by atoms with E-state index in [-0.39, 0.29) is 0 Å². The zero-order chi connectivity index (χ0) is 13.7. The second-order valence-electron chi connectivity index (χ2n) is 5.00. The first-order chi connectivity index (χ1) is 9.16. The maximum Gasteiger partial charge on any atom is 0.0409 e. The van der Waals surface area contributed by atoms with Gasteiger partial charge in [0.15, 0.2) is 0 Å². The van der Waals surface area contributed by atoms with Gasteiger partial charge < -0.3 is 5.32 Å². The fraction of sp³-hybridized carbons (Fsp3) is 0.294. The van der Waals surface area contributed by atoms with Crippen molar-refractivity contribution in [1.29, 1.82) is 0 Å². The van der Waals surface area contributed by atoms with Gasteiger partial charge in [0.1, 0.15) is 0 Å². The molecule has 0 amide bonds. The molecule has 2 aromatic rings. The maximum atomic E-state index is 6.02.